The van der Waals surface area contributed by atoms with Crippen LogP contribution in [0.3, 0.4) is 0 Å². The fraction of sp³-hybridized carbons (Fsp3) is 0.302. The van der Waals surface area contributed by atoms with Crippen LogP contribution in [-0.4, -0.2) is 19.1 Å². The van der Waals surface area contributed by atoms with Crippen molar-refractivity contribution in [2.24, 2.45) is 5.92 Å². The number of unbranched alkanes of at least 4 members (excludes halogenated alkanes) is 1. The molecule has 48 heavy (non-hydrogen) atoms. The molecule has 1 atom stereocenters. The van der Waals surface area contributed by atoms with Gasteiger partial charge in [0.25, 0.3) is 0 Å². The summed E-state index contributed by atoms with van der Waals surface area (Å²) in [7, 11) is 0. The molecular formula is C43H48IrN4-2. The SMILES string of the molecule is CCCCC(CC)Cc1cc(C)c(-n2ccnc2-c2[c-]cccc2)c(C)c1.Cc1cc(C)c(-n2ccnc2-c2[c-]cccc2)c(C)c1.[Ir]. The number of hydrogen-bond donors (Lipinski definition) is 0. The molecule has 0 aliphatic heterocycles. The van der Waals surface area contributed by atoms with Crippen molar-refractivity contribution in [2.45, 2.75) is 80.6 Å². The minimum absolute atomic E-state index is 0. The molecule has 251 valence electrons. The average Bonchev–Trinajstić information content (AvgIpc) is 3.74. The summed E-state index contributed by atoms with van der Waals surface area (Å²) in [6, 6.07) is 31.7. The van der Waals surface area contributed by atoms with Gasteiger partial charge in [0.1, 0.15) is 0 Å². The van der Waals surface area contributed by atoms with E-state index in [4.69, 9.17) is 0 Å². The van der Waals surface area contributed by atoms with E-state index in [-0.39, 0.29) is 20.1 Å². The summed E-state index contributed by atoms with van der Waals surface area (Å²) in [5, 5.41) is 0. The van der Waals surface area contributed by atoms with E-state index in [1.807, 2.05) is 61.1 Å². The van der Waals surface area contributed by atoms with E-state index in [9.17, 15) is 0 Å². The number of rotatable bonds is 10. The zero-order valence-corrected chi connectivity index (χ0v) is 31.9. The zero-order valence-electron chi connectivity index (χ0n) is 29.5. The maximum absolute atomic E-state index is 4.59. The van der Waals surface area contributed by atoms with E-state index >= 15 is 0 Å². The number of benzene rings is 4. The number of imidazole rings is 2. The van der Waals surface area contributed by atoms with Gasteiger partial charge in [0, 0.05) is 56.3 Å². The van der Waals surface area contributed by atoms with Crippen LogP contribution in [0.1, 0.15) is 72.9 Å². The van der Waals surface area contributed by atoms with Crippen LogP contribution in [0, 0.1) is 52.7 Å². The van der Waals surface area contributed by atoms with Crippen LogP contribution >= 0.6 is 0 Å². The predicted molar refractivity (Wildman–Crippen MR) is 196 cm³/mol. The molecule has 4 nitrogen and oxygen atoms in total. The first-order valence-electron chi connectivity index (χ1n) is 17.0. The van der Waals surface area contributed by atoms with Gasteiger partial charge in [-0.2, -0.15) is 0 Å². The van der Waals surface area contributed by atoms with Crippen LogP contribution < -0.4 is 0 Å². The van der Waals surface area contributed by atoms with Crippen molar-refractivity contribution in [3.63, 3.8) is 0 Å². The first-order chi connectivity index (χ1) is 22.8. The Labute approximate surface area is 301 Å². The van der Waals surface area contributed by atoms with Crippen molar-refractivity contribution in [2.75, 3.05) is 0 Å². The first-order valence-corrected chi connectivity index (χ1v) is 17.0. The Balaban J connectivity index is 0.000000221. The summed E-state index contributed by atoms with van der Waals surface area (Å²) in [5.41, 5.74) is 12.4. The molecule has 0 N–H and O–H groups in total. The second-order valence-corrected chi connectivity index (χ2v) is 12.7. The molecule has 4 aromatic carbocycles. The summed E-state index contributed by atoms with van der Waals surface area (Å²) in [6.07, 6.45) is 14.2. The van der Waals surface area contributed by atoms with Crippen molar-refractivity contribution in [3.05, 3.63) is 143 Å². The van der Waals surface area contributed by atoms with Crippen LogP contribution in [0.2, 0.25) is 0 Å². The third kappa shape index (κ3) is 8.69. The number of hydrogen-bond acceptors (Lipinski definition) is 2. The van der Waals surface area contributed by atoms with Crippen LogP contribution in [-0.2, 0) is 26.5 Å². The van der Waals surface area contributed by atoms with Gasteiger partial charge in [-0.15, -0.1) is 71.8 Å². The summed E-state index contributed by atoms with van der Waals surface area (Å²) < 4.78 is 4.35. The molecule has 0 saturated heterocycles. The van der Waals surface area contributed by atoms with E-state index in [0.717, 1.165) is 28.7 Å². The molecule has 6 aromatic rings. The third-order valence-corrected chi connectivity index (χ3v) is 8.92. The molecule has 0 bridgehead atoms. The van der Waals surface area contributed by atoms with Crippen molar-refractivity contribution in [1.82, 2.24) is 19.1 Å². The number of aromatic nitrogens is 4. The number of aryl methyl sites for hydroxylation is 5. The standard InChI is InChI=1S/C25H31N2.C18H17N2.Ir/c1-5-7-11-21(6-2)18-22-16-19(3)24(20(4)17-22)27-15-14-26-25(27)23-12-9-8-10-13-23;1-13-11-14(2)17(15(3)12-13)20-10-9-19-18(20)16-7-5-4-6-8-16;/h8-10,12,14-17,21H,5-7,11,18H2,1-4H3;4-7,9-12H,1-3H3;/q2*-1;. The Morgan fingerprint density at radius 2 is 1.15 bits per heavy atom. The predicted octanol–water partition coefficient (Wildman–Crippen LogP) is 11.0. The summed E-state index contributed by atoms with van der Waals surface area (Å²) in [5.74, 6) is 2.67. The van der Waals surface area contributed by atoms with Gasteiger partial charge in [0.15, 0.2) is 0 Å². The molecule has 0 amide bonds. The van der Waals surface area contributed by atoms with Crippen LogP contribution in [0.25, 0.3) is 34.2 Å². The van der Waals surface area contributed by atoms with Gasteiger partial charge in [0.2, 0.25) is 0 Å². The van der Waals surface area contributed by atoms with Crippen LogP contribution in [0.15, 0.2) is 97.6 Å². The van der Waals surface area contributed by atoms with Gasteiger partial charge in [-0.3, -0.25) is 9.97 Å². The molecule has 0 spiro atoms. The molecule has 1 unspecified atom stereocenters. The number of nitrogens with zero attached hydrogens (tertiary/aromatic N) is 4. The van der Waals surface area contributed by atoms with Gasteiger partial charge < -0.3 is 9.13 Å². The first kappa shape index (κ1) is 36.8. The molecule has 5 heteroatoms. The largest absolute Gasteiger partial charge is 0.340 e. The molecule has 1 radical (unpaired) electrons. The summed E-state index contributed by atoms with van der Waals surface area (Å²) in [6.45, 7) is 15.5. The van der Waals surface area contributed by atoms with Gasteiger partial charge >= 0.3 is 0 Å². The normalized spacial score (nSPS) is 11.4. The Kier molecular flexibility index (Phi) is 13.3. The molecule has 2 aromatic heterocycles. The molecule has 2 heterocycles. The smallest absolute Gasteiger partial charge is 0.0602 e. The monoisotopic (exact) mass is 813 g/mol. The summed E-state index contributed by atoms with van der Waals surface area (Å²) >= 11 is 0. The minimum Gasteiger partial charge on any atom is -0.340 e. The maximum Gasteiger partial charge on any atom is 0.0602 e. The van der Waals surface area contributed by atoms with Crippen LogP contribution in [0.5, 0.6) is 0 Å². The molecule has 0 aliphatic rings. The van der Waals surface area contributed by atoms with Crippen molar-refractivity contribution in [3.8, 4) is 34.2 Å². The fourth-order valence-corrected chi connectivity index (χ4v) is 6.80. The van der Waals surface area contributed by atoms with Gasteiger partial charge in [-0.25, -0.2) is 0 Å². The average molecular weight is 813 g/mol. The topological polar surface area (TPSA) is 35.6 Å². The molecule has 0 aliphatic carbocycles. The van der Waals surface area contributed by atoms with Crippen molar-refractivity contribution in [1.29, 1.82) is 0 Å². The zero-order chi connectivity index (χ0) is 33.3. The van der Waals surface area contributed by atoms with E-state index in [1.165, 1.54) is 76.9 Å². The second kappa shape index (κ2) is 17.4. The Morgan fingerprint density at radius 3 is 1.56 bits per heavy atom. The van der Waals surface area contributed by atoms with Crippen molar-refractivity contribution >= 4 is 0 Å². The molecule has 0 fully saturated rings. The van der Waals surface area contributed by atoms with Crippen LogP contribution in [0.4, 0.5) is 0 Å². The van der Waals surface area contributed by atoms with E-state index in [2.05, 4.69) is 116 Å². The summed E-state index contributed by atoms with van der Waals surface area (Å²) in [4.78, 5) is 9.09. The second-order valence-electron chi connectivity index (χ2n) is 12.7. The molecule has 6 rings (SSSR count). The molecular weight excluding hydrogens is 765 g/mol. The quantitative estimate of drug-likeness (QED) is 0.129. The fourth-order valence-electron chi connectivity index (χ4n) is 6.80. The minimum atomic E-state index is 0. The van der Waals surface area contributed by atoms with E-state index in [0.29, 0.717) is 0 Å². The van der Waals surface area contributed by atoms with E-state index < -0.39 is 0 Å². The Bertz CT molecular complexity index is 1840. The molecule has 0 saturated carbocycles. The van der Waals surface area contributed by atoms with Crippen molar-refractivity contribution < 1.29 is 20.1 Å². The Hall–Kier alpha value is -4.05. The Morgan fingerprint density at radius 1 is 0.667 bits per heavy atom. The van der Waals surface area contributed by atoms with Gasteiger partial charge in [-0.1, -0.05) is 69.4 Å². The third-order valence-electron chi connectivity index (χ3n) is 8.92. The van der Waals surface area contributed by atoms with Gasteiger partial charge in [-0.05, 0) is 74.8 Å². The van der Waals surface area contributed by atoms with Gasteiger partial charge in [0.05, 0.1) is 11.6 Å². The van der Waals surface area contributed by atoms with E-state index in [1.54, 1.807) is 0 Å². The maximum atomic E-state index is 4.59.